The minimum absolute atomic E-state index is 0.00551. The van der Waals surface area contributed by atoms with Gasteiger partial charge in [-0.2, -0.15) is 0 Å². The topological polar surface area (TPSA) is 52.0 Å². The minimum atomic E-state index is -2.48. The fourth-order valence-corrected chi connectivity index (χ4v) is 4.08. The Balaban J connectivity index is 1.84. The van der Waals surface area contributed by atoms with Crippen molar-refractivity contribution in [2.45, 2.75) is 74.8 Å². The van der Waals surface area contributed by atoms with Crippen LogP contribution in [0.15, 0.2) is 24.3 Å². The molecule has 0 radical (unpaired) electrons. The summed E-state index contributed by atoms with van der Waals surface area (Å²) in [5, 5.41) is 0. The molecule has 0 amide bonds. The van der Waals surface area contributed by atoms with Crippen LogP contribution in [0.1, 0.15) is 68.4 Å². The molecule has 0 unspecified atom stereocenters. The molecule has 0 atom stereocenters. The molecule has 0 saturated heterocycles. The van der Waals surface area contributed by atoms with E-state index >= 15 is 0 Å². The van der Waals surface area contributed by atoms with Crippen molar-refractivity contribution in [2.24, 2.45) is 11.5 Å². The van der Waals surface area contributed by atoms with Crippen molar-refractivity contribution in [2.75, 3.05) is 0 Å². The second kappa shape index (κ2) is 5.89. The van der Waals surface area contributed by atoms with E-state index in [4.69, 9.17) is 11.5 Å². The number of hydrogen-bond acceptors (Lipinski definition) is 2. The number of hydrogen-bond donors (Lipinski definition) is 2. The van der Waals surface area contributed by atoms with E-state index in [1.54, 1.807) is 0 Å². The van der Waals surface area contributed by atoms with Gasteiger partial charge in [0.2, 0.25) is 5.92 Å². The van der Waals surface area contributed by atoms with E-state index in [0.717, 1.165) is 31.2 Å². The van der Waals surface area contributed by atoms with Gasteiger partial charge in [-0.1, -0.05) is 24.3 Å². The van der Waals surface area contributed by atoms with Gasteiger partial charge in [-0.25, -0.2) is 8.78 Å². The highest BCUT2D eigenvalue weighted by Gasteiger charge is 2.39. The molecule has 2 aliphatic rings. The lowest BCUT2D eigenvalue weighted by atomic mass is 9.71. The third kappa shape index (κ3) is 3.18. The predicted molar refractivity (Wildman–Crippen MR) is 84.9 cm³/mol. The molecule has 1 aromatic rings. The van der Waals surface area contributed by atoms with Crippen LogP contribution in [-0.4, -0.2) is 12.0 Å². The van der Waals surface area contributed by atoms with E-state index in [0.29, 0.717) is 12.8 Å². The summed E-state index contributed by atoms with van der Waals surface area (Å²) in [6, 6.07) is 8.45. The third-order valence-electron chi connectivity index (χ3n) is 5.58. The fourth-order valence-electron chi connectivity index (χ4n) is 4.08. The molecule has 0 aromatic heterocycles. The Bertz CT molecular complexity index is 512. The van der Waals surface area contributed by atoms with Crippen molar-refractivity contribution in [3.05, 3.63) is 35.4 Å². The smallest absolute Gasteiger partial charge is 0.248 e. The molecule has 4 N–H and O–H groups in total. The van der Waals surface area contributed by atoms with Crippen LogP contribution in [-0.2, 0) is 5.54 Å². The van der Waals surface area contributed by atoms with Crippen molar-refractivity contribution in [3.8, 4) is 0 Å². The first-order chi connectivity index (χ1) is 10.4. The van der Waals surface area contributed by atoms with Crippen LogP contribution in [0.3, 0.4) is 0 Å². The lowest BCUT2D eigenvalue weighted by Gasteiger charge is -2.39. The van der Waals surface area contributed by atoms with Gasteiger partial charge in [-0.05, 0) is 55.6 Å². The first-order valence-electron chi connectivity index (χ1n) is 8.41. The van der Waals surface area contributed by atoms with E-state index in [2.05, 4.69) is 12.1 Å². The standard InChI is InChI=1S/C18H26F2N2/c19-18(20)11-5-13(6-12-18)15-3-1-2-4-16(15)17(22)9-7-14(21)8-10-17/h1-4,13-14H,5-12,21-22H2. The van der Waals surface area contributed by atoms with Gasteiger partial charge in [0.25, 0.3) is 0 Å². The molecule has 0 heterocycles. The van der Waals surface area contributed by atoms with Crippen LogP contribution in [0.4, 0.5) is 8.78 Å². The summed E-state index contributed by atoms with van der Waals surface area (Å²) in [5.74, 6) is -2.27. The molecule has 22 heavy (non-hydrogen) atoms. The molecule has 2 nitrogen and oxygen atoms in total. The molecule has 122 valence electrons. The van der Waals surface area contributed by atoms with Gasteiger partial charge < -0.3 is 11.5 Å². The van der Waals surface area contributed by atoms with Gasteiger partial charge in [0.05, 0.1) is 0 Å². The Morgan fingerprint density at radius 2 is 1.50 bits per heavy atom. The highest BCUT2D eigenvalue weighted by molar-refractivity contribution is 5.37. The van der Waals surface area contributed by atoms with Crippen LogP contribution in [0, 0.1) is 0 Å². The van der Waals surface area contributed by atoms with E-state index in [1.165, 1.54) is 5.56 Å². The van der Waals surface area contributed by atoms with Gasteiger partial charge in [0, 0.05) is 24.4 Å². The SMILES string of the molecule is NC1CCC(N)(c2ccccc2C2CCC(F)(F)CC2)CC1. The Labute approximate surface area is 131 Å². The van der Waals surface area contributed by atoms with Crippen LogP contribution in [0.25, 0.3) is 0 Å². The van der Waals surface area contributed by atoms with Crippen LogP contribution in [0.2, 0.25) is 0 Å². The second-order valence-electron chi connectivity index (χ2n) is 7.21. The van der Waals surface area contributed by atoms with Crippen molar-refractivity contribution in [3.63, 3.8) is 0 Å². The Hall–Kier alpha value is -1.00. The quantitative estimate of drug-likeness (QED) is 0.866. The average Bonchev–Trinajstić information content (AvgIpc) is 2.51. The Kier molecular flexibility index (Phi) is 4.25. The minimum Gasteiger partial charge on any atom is -0.328 e. The van der Waals surface area contributed by atoms with Gasteiger partial charge in [0.1, 0.15) is 0 Å². The molecule has 2 aliphatic carbocycles. The van der Waals surface area contributed by atoms with E-state index < -0.39 is 5.92 Å². The lowest BCUT2D eigenvalue weighted by Crippen LogP contribution is -2.44. The first-order valence-corrected chi connectivity index (χ1v) is 8.41. The number of nitrogens with two attached hydrogens (primary N) is 2. The summed E-state index contributed by atoms with van der Waals surface area (Å²) >= 11 is 0. The third-order valence-corrected chi connectivity index (χ3v) is 5.58. The molecule has 0 aliphatic heterocycles. The van der Waals surface area contributed by atoms with Crippen molar-refractivity contribution < 1.29 is 8.78 Å². The average molecular weight is 308 g/mol. The molecule has 1 aromatic carbocycles. The largest absolute Gasteiger partial charge is 0.328 e. The Morgan fingerprint density at radius 3 is 2.14 bits per heavy atom. The highest BCUT2D eigenvalue weighted by Crippen LogP contribution is 2.45. The summed E-state index contributed by atoms with van der Waals surface area (Å²) in [6.45, 7) is 0. The second-order valence-corrected chi connectivity index (χ2v) is 7.21. The maximum absolute atomic E-state index is 13.4. The molecule has 2 saturated carbocycles. The molecule has 0 spiro atoms. The van der Waals surface area contributed by atoms with Crippen LogP contribution >= 0.6 is 0 Å². The van der Waals surface area contributed by atoms with Crippen LogP contribution < -0.4 is 11.5 Å². The molecular weight excluding hydrogens is 282 g/mol. The van der Waals surface area contributed by atoms with Gasteiger partial charge >= 0.3 is 0 Å². The fraction of sp³-hybridized carbons (Fsp3) is 0.667. The summed E-state index contributed by atoms with van der Waals surface area (Å²) in [4.78, 5) is 0. The van der Waals surface area contributed by atoms with Gasteiger partial charge in [-0.3, -0.25) is 0 Å². The normalized spacial score (nSPS) is 32.8. The number of benzene rings is 1. The maximum atomic E-state index is 13.4. The summed E-state index contributed by atoms with van der Waals surface area (Å²) in [7, 11) is 0. The number of alkyl halides is 2. The monoisotopic (exact) mass is 308 g/mol. The number of halogens is 2. The first kappa shape index (κ1) is 15.9. The van der Waals surface area contributed by atoms with E-state index in [1.807, 2.05) is 12.1 Å². The van der Waals surface area contributed by atoms with E-state index in [-0.39, 0.29) is 30.3 Å². The number of rotatable bonds is 2. The van der Waals surface area contributed by atoms with E-state index in [9.17, 15) is 8.78 Å². The zero-order valence-electron chi connectivity index (χ0n) is 13.0. The summed E-state index contributed by atoms with van der Waals surface area (Å²) in [6.07, 6.45) is 4.74. The Morgan fingerprint density at radius 1 is 0.909 bits per heavy atom. The highest BCUT2D eigenvalue weighted by atomic mass is 19.3. The van der Waals surface area contributed by atoms with Crippen LogP contribution in [0.5, 0.6) is 0 Å². The zero-order valence-corrected chi connectivity index (χ0v) is 13.0. The van der Waals surface area contributed by atoms with Crippen molar-refractivity contribution in [1.29, 1.82) is 0 Å². The summed E-state index contributed by atoms with van der Waals surface area (Å²) < 4.78 is 26.9. The molecule has 2 fully saturated rings. The predicted octanol–water partition coefficient (Wildman–Crippen LogP) is 4.03. The lowest BCUT2D eigenvalue weighted by molar-refractivity contribution is -0.0383. The van der Waals surface area contributed by atoms with Gasteiger partial charge in [-0.15, -0.1) is 0 Å². The maximum Gasteiger partial charge on any atom is 0.248 e. The summed E-state index contributed by atoms with van der Waals surface area (Å²) in [5.41, 5.74) is 14.7. The molecule has 0 bridgehead atoms. The molecule has 3 rings (SSSR count). The van der Waals surface area contributed by atoms with Crippen molar-refractivity contribution in [1.82, 2.24) is 0 Å². The molecule has 4 heteroatoms. The molecular formula is C18H26F2N2. The van der Waals surface area contributed by atoms with Gasteiger partial charge in [0.15, 0.2) is 0 Å². The van der Waals surface area contributed by atoms with Crippen molar-refractivity contribution >= 4 is 0 Å². The zero-order chi connectivity index (χ0) is 15.8.